The van der Waals surface area contributed by atoms with Gasteiger partial charge in [-0.05, 0) is 36.4 Å². The molecule has 0 fully saturated rings. The molecule has 0 aliphatic rings. The molecular formula is C17H18N4OS. The number of hydrogen-bond acceptors (Lipinski definition) is 4. The quantitative estimate of drug-likeness (QED) is 0.726. The Morgan fingerprint density at radius 3 is 2.96 bits per heavy atom. The molecule has 0 saturated heterocycles. The lowest BCUT2D eigenvalue weighted by atomic mass is 10.2. The number of carbonyl (C=O) groups excluding carboxylic acids is 1. The van der Waals surface area contributed by atoms with E-state index in [1.54, 1.807) is 28.4 Å². The van der Waals surface area contributed by atoms with Gasteiger partial charge in [0.25, 0.3) is 0 Å². The predicted octanol–water partition coefficient (Wildman–Crippen LogP) is 2.97. The fraction of sp³-hybridized carbons (Fsp3) is 0.235. The number of rotatable bonds is 7. The molecule has 5 nitrogen and oxygen atoms in total. The Hall–Kier alpha value is -2.47. The molecule has 3 aromatic rings. The van der Waals surface area contributed by atoms with E-state index in [4.69, 9.17) is 0 Å². The van der Waals surface area contributed by atoms with Crippen LogP contribution in [0.4, 0.5) is 0 Å². The Kier molecular flexibility index (Phi) is 5.16. The molecule has 1 amide bonds. The van der Waals surface area contributed by atoms with Gasteiger partial charge in [-0.3, -0.25) is 4.79 Å². The van der Waals surface area contributed by atoms with E-state index in [0.717, 1.165) is 24.2 Å². The number of amides is 1. The summed E-state index contributed by atoms with van der Waals surface area (Å²) in [5, 5.41) is 9.22. The van der Waals surface area contributed by atoms with Gasteiger partial charge in [0.2, 0.25) is 5.91 Å². The van der Waals surface area contributed by atoms with Crippen molar-refractivity contribution in [3.05, 3.63) is 64.7 Å². The molecule has 0 unspecified atom stereocenters. The highest BCUT2D eigenvalue weighted by atomic mass is 32.1. The highest BCUT2D eigenvalue weighted by Gasteiger charge is 2.08. The van der Waals surface area contributed by atoms with E-state index in [2.05, 4.69) is 26.8 Å². The first-order valence-electron chi connectivity index (χ1n) is 7.56. The number of aromatic nitrogens is 3. The van der Waals surface area contributed by atoms with Gasteiger partial charge in [-0.1, -0.05) is 12.1 Å². The van der Waals surface area contributed by atoms with E-state index in [0.29, 0.717) is 13.0 Å². The summed E-state index contributed by atoms with van der Waals surface area (Å²) >= 11 is 1.74. The van der Waals surface area contributed by atoms with Gasteiger partial charge in [-0.25, -0.2) is 9.67 Å². The van der Waals surface area contributed by atoms with Gasteiger partial charge < -0.3 is 5.32 Å². The minimum absolute atomic E-state index is 0.0665. The van der Waals surface area contributed by atoms with Gasteiger partial charge in [0.15, 0.2) is 5.82 Å². The third-order valence-corrected chi connectivity index (χ3v) is 4.41. The summed E-state index contributed by atoms with van der Waals surface area (Å²) in [5.74, 6) is 0.813. The van der Waals surface area contributed by atoms with Crippen LogP contribution < -0.4 is 5.32 Å². The Morgan fingerprint density at radius 1 is 1.22 bits per heavy atom. The van der Waals surface area contributed by atoms with Gasteiger partial charge >= 0.3 is 0 Å². The average molecular weight is 326 g/mol. The highest BCUT2D eigenvalue weighted by molar-refractivity contribution is 7.09. The first-order chi connectivity index (χ1) is 11.3. The number of aryl methyl sites for hydroxylation is 1. The normalized spacial score (nSPS) is 10.6. The van der Waals surface area contributed by atoms with Crippen molar-refractivity contribution in [2.45, 2.75) is 25.8 Å². The summed E-state index contributed by atoms with van der Waals surface area (Å²) < 4.78 is 1.71. The van der Waals surface area contributed by atoms with Crippen molar-refractivity contribution in [2.24, 2.45) is 0 Å². The SMILES string of the molecule is O=C(CCCc1cccs1)NCc1cccnc1-n1cccn1. The molecule has 0 atom stereocenters. The molecule has 0 aliphatic heterocycles. The van der Waals surface area contributed by atoms with Gasteiger partial charge in [0, 0.05) is 42.0 Å². The zero-order valence-electron chi connectivity index (χ0n) is 12.7. The van der Waals surface area contributed by atoms with Crippen LogP contribution in [0.25, 0.3) is 5.82 Å². The summed E-state index contributed by atoms with van der Waals surface area (Å²) in [5.41, 5.74) is 0.947. The van der Waals surface area contributed by atoms with Crippen LogP contribution in [0.3, 0.4) is 0 Å². The minimum atomic E-state index is 0.0665. The molecule has 0 aliphatic carbocycles. The smallest absolute Gasteiger partial charge is 0.220 e. The van der Waals surface area contributed by atoms with E-state index >= 15 is 0 Å². The van der Waals surface area contributed by atoms with Gasteiger partial charge in [0.05, 0.1) is 0 Å². The summed E-state index contributed by atoms with van der Waals surface area (Å²) in [4.78, 5) is 17.7. The molecule has 3 rings (SSSR count). The fourth-order valence-corrected chi connectivity index (χ4v) is 3.08. The van der Waals surface area contributed by atoms with Crippen molar-refractivity contribution >= 4 is 17.2 Å². The molecule has 3 heterocycles. The number of nitrogens with one attached hydrogen (secondary N) is 1. The molecule has 3 aromatic heterocycles. The Balaban J connectivity index is 1.51. The molecule has 0 aromatic carbocycles. The van der Waals surface area contributed by atoms with Crippen LogP contribution in [0.15, 0.2) is 54.3 Å². The molecule has 0 radical (unpaired) electrons. The first kappa shape index (κ1) is 15.4. The Labute approximate surface area is 139 Å². The lowest BCUT2D eigenvalue weighted by molar-refractivity contribution is -0.121. The standard InChI is InChI=1S/C17H18N4OS/c22-16(8-1-6-15-7-3-12-23-15)19-13-14-5-2-9-18-17(14)21-11-4-10-20-21/h2-5,7,9-12H,1,6,8,13H2,(H,19,22). The van der Waals surface area contributed by atoms with Crippen LogP contribution in [-0.2, 0) is 17.8 Å². The second-order valence-electron chi connectivity index (χ2n) is 5.15. The zero-order valence-corrected chi connectivity index (χ0v) is 13.5. The van der Waals surface area contributed by atoms with E-state index < -0.39 is 0 Å². The van der Waals surface area contributed by atoms with Gasteiger partial charge in [-0.15, -0.1) is 11.3 Å². The van der Waals surface area contributed by atoms with Crippen molar-refractivity contribution < 1.29 is 4.79 Å². The second kappa shape index (κ2) is 7.69. The number of thiophene rings is 1. The maximum Gasteiger partial charge on any atom is 0.220 e. The molecule has 6 heteroatoms. The molecule has 0 bridgehead atoms. The lowest BCUT2D eigenvalue weighted by Crippen LogP contribution is -2.23. The van der Waals surface area contributed by atoms with Crippen LogP contribution in [0, 0.1) is 0 Å². The largest absolute Gasteiger partial charge is 0.352 e. The third-order valence-electron chi connectivity index (χ3n) is 3.47. The van der Waals surface area contributed by atoms with E-state index in [-0.39, 0.29) is 5.91 Å². The predicted molar refractivity (Wildman–Crippen MR) is 90.5 cm³/mol. The summed E-state index contributed by atoms with van der Waals surface area (Å²) in [6, 6.07) is 9.82. The average Bonchev–Trinajstić information content (AvgIpc) is 3.27. The van der Waals surface area contributed by atoms with Gasteiger partial charge in [0.1, 0.15) is 0 Å². The monoisotopic (exact) mass is 326 g/mol. The van der Waals surface area contributed by atoms with E-state index in [1.165, 1.54) is 4.88 Å². The van der Waals surface area contributed by atoms with Gasteiger partial charge in [-0.2, -0.15) is 5.10 Å². The van der Waals surface area contributed by atoms with Crippen LogP contribution in [0.2, 0.25) is 0 Å². The number of hydrogen-bond donors (Lipinski definition) is 1. The van der Waals surface area contributed by atoms with Crippen LogP contribution in [-0.4, -0.2) is 20.7 Å². The number of pyridine rings is 1. The van der Waals surface area contributed by atoms with E-state index in [9.17, 15) is 4.79 Å². The third kappa shape index (κ3) is 4.26. The molecule has 23 heavy (non-hydrogen) atoms. The van der Waals surface area contributed by atoms with Crippen molar-refractivity contribution in [1.82, 2.24) is 20.1 Å². The van der Waals surface area contributed by atoms with Crippen molar-refractivity contribution in [3.63, 3.8) is 0 Å². The number of nitrogens with zero attached hydrogens (tertiary/aromatic N) is 3. The van der Waals surface area contributed by atoms with Crippen LogP contribution in [0.5, 0.6) is 0 Å². The summed E-state index contributed by atoms with van der Waals surface area (Å²) in [7, 11) is 0. The maximum atomic E-state index is 12.0. The Morgan fingerprint density at radius 2 is 2.17 bits per heavy atom. The molecule has 0 spiro atoms. The zero-order chi connectivity index (χ0) is 15.9. The summed E-state index contributed by atoms with van der Waals surface area (Å²) in [6.07, 6.45) is 7.64. The molecular weight excluding hydrogens is 308 g/mol. The van der Waals surface area contributed by atoms with Crippen molar-refractivity contribution in [1.29, 1.82) is 0 Å². The Bertz CT molecular complexity index is 738. The summed E-state index contributed by atoms with van der Waals surface area (Å²) in [6.45, 7) is 0.459. The maximum absolute atomic E-state index is 12.0. The second-order valence-corrected chi connectivity index (χ2v) is 6.18. The van der Waals surface area contributed by atoms with Crippen molar-refractivity contribution in [2.75, 3.05) is 0 Å². The fourth-order valence-electron chi connectivity index (χ4n) is 2.33. The lowest BCUT2D eigenvalue weighted by Gasteiger charge is -2.09. The van der Waals surface area contributed by atoms with Crippen LogP contribution in [0.1, 0.15) is 23.3 Å². The molecule has 118 valence electrons. The minimum Gasteiger partial charge on any atom is -0.352 e. The highest BCUT2D eigenvalue weighted by Crippen LogP contribution is 2.12. The van der Waals surface area contributed by atoms with Crippen LogP contribution >= 0.6 is 11.3 Å². The van der Waals surface area contributed by atoms with E-state index in [1.807, 2.05) is 30.5 Å². The number of carbonyl (C=O) groups is 1. The molecule has 0 saturated carbocycles. The first-order valence-corrected chi connectivity index (χ1v) is 8.44. The van der Waals surface area contributed by atoms with Crippen molar-refractivity contribution in [3.8, 4) is 5.82 Å². The molecule has 1 N–H and O–H groups in total. The topological polar surface area (TPSA) is 59.8 Å².